The van der Waals surface area contributed by atoms with Crippen LogP contribution in [0.3, 0.4) is 0 Å². The highest BCUT2D eigenvalue weighted by atomic mass is 32.2. The molecule has 0 aromatic heterocycles. The summed E-state index contributed by atoms with van der Waals surface area (Å²) in [6.45, 7) is 5.34. The number of hydrogen-bond donors (Lipinski definition) is 1. The van der Waals surface area contributed by atoms with Crippen LogP contribution in [0.5, 0.6) is 0 Å². The van der Waals surface area contributed by atoms with Crippen LogP contribution in [0.4, 0.5) is 0 Å². The Morgan fingerprint density at radius 3 is 2.74 bits per heavy atom. The molecule has 1 unspecified atom stereocenters. The molecule has 19 heavy (non-hydrogen) atoms. The van der Waals surface area contributed by atoms with Gasteiger partial charge in [-0.3, -0.25) is 4.79 Å². The molecule has 0 radical (unpaired) electrons. The van der Waals surface area contributed by atoms with Crippen LogP contribution in [-0.2, 0) is 9.53 Å². The van der Waals surface area contributed by atoms with Crippen molar-refractivity contribution in [3.8, 4) is 0 Å². The maximum Gasteiger partial charge on any atom is 0.323 e. The van der Waals surface area contributed by atoms with Crippen molar-refractivity contribution in [1.29, 1.82) is 0 Å². The molecule has 0 spiro atoms. The second-order valence-electron chi connectivity index (χ2n) is 5.27. The number of rotatable bonds is 10. The first-order chi connectivity index (χ1) is 9.27. The van der Waals surface area contributed by atoms with Gasteiger partial charge in [0.25, 0.3) is 0 Å². The summed E-state index contributed by atoms with van der Waals surface area (Å²) in [5, 5.41) is 3.29. The molecule has 4 heteroatoms. The Bertz CT molecular complexity index is 242. The van der Waals surface area contributed by atoms with E-state index in [0.29, 0.717) is 6.61 Å². The van der Waals surface area contributed by atoms with E-state index in [1.54, 1.807) is 0 Å². The van der Waals surface area contributed by atoms with Gasteiger partial charge in [0.15, 0.2) is 0 Å². The molecule has 0 aromatic carbocycles. The molecule has 0 heterocycles. The van der Waals surface area contributed by atoms with E-state index >= 15 is 0 Å². The van der Waals surface area contributed by atoms with Gasteiger partial charge >= 0.3 is 5.97 Å². The van der Waals surface area contributed by atoms with Crippen molar-refractivity contribution in [3.05, 3.63) is 0 Å². The van der Waals surface area contributed by atoms with Crippen molar-refractivity contribution in [1.82, 2.24) is 5.32 Å². The summed E-state index contributed by atoms with van der Waals surface area (Å²) < 4.78 is 5.12. The molecular weight excluding hydrogens is 258 g/mol. The summed E-state index contributed by atoms with van der Waals surface area (Å²) in [5.74, 6) is 3.16. The van der Waals surface area contributed by atoms with Crippen molar-refractivity contribution in [2.45, 2.75) is 58.4 Å². The average molecular weight is 287 g/mol. The van der Waals surface area contributed by atoms with Crippen molar-refractivity contribution in [3.63, 3.8) is 0 Å². The Kier molecular flexibility index (Phi) is 9.35. The molecule has 1 atom stereocenters. The van der Waals surface area contributed by atoms with Gasteiger partial charge in [-0.1, -0.05) is 19.8 Å². The number of carbonyl (C=O) groups excluding carboxylic acids is 1. The minimum absolute atomic E-state index is 0.0857. The predicted molar refractivity (Wildman–Crippen MR) is 82.6 cm³/mol. The van der Waals surface area contributed by atoms with E-state index in [1.807, 2.05) is 18.7 Å². The monoisotopic (exact) mass is 287 g/mol. The van der Waals surface area contributed by atoms with Crippen LogP contribution in [0.2, 0.25) is 0 Å². The third-order valence-corrected chi connectivity index (χ3v) is 4.82. The van der Waals surface area contributed by atoms with Crippen LogP contribution in [-0.4, -0.2) is 36.7 Å². The Hall–Kier alpha value is -0.220. The van der Waals surface area contributed by atoms with Crippen LogP contribution in [0, 0.1) is 5.92 Å². The van der Waals surface area contributed by atoms with E-state index in [1.165, 1.54) is 31.4 Å². The van der Waals surface area contributed by atoms with E-state index in [0.717, 1.165) is 31.1 Å². The van der Waals surface area contributed by atoms with E-state index in [4.69, 9.17) is 4.74 Å². The lowest BCUT2D eigenvalue weighted by molar-refractivity contribution is -0.145. The Labute approximate surface area is 122 Å². The number of esters is 1. The third kappa shape index (κ3) is 7.21. The summed E-state index contributed by atoms with van der Waals surface area (Å²) in [6, 6.07) is -0.115. The Morgan fingerprint density at radius 1 is 1.37 bits per heavy atom. The summed E-state index contributed by atoms with van der Waals surface area (Å²) in [4.78, 5) is 11.8. The average Bonchev–Trinajstić information content (AvgIpc) is 2.91. The fraction of sp³-hybridized carbons (Fsp3) is 0.933. The molecule has 1 fully saturated rings. The smallest absolute Gasteiger partial charge is 0.323 e. The predicted octanol–water partition coefficient (Wildman–Crippen LogP) is 3.23. The zero-order valence-corrected chi connectivity index (χ0v) is 13.3. The highest BCUT2D eigenvalue weighted by Gasteiger charge is 2.19. The first kappa shape index (κ1) is 16.8. The minimum atomic E-state index is -0.115. The largest absolute Gasteiger partial charge is 0.465 e. The van der Waals surface area contributed by atoms with Gasteiger partial charge in [-0.25, -0.2) is 0 Å². The van der Waals surface area contributed by atoms with Crippen molar-refractivity contribution in [2.75, 3.05) is 24.7 Å². The fourth-order valence-electron chi connectivity index (χ4n) is 2.49. The normalized spacial score (nSPS) is 17.6. The molecule has 0 bridgehead atoms. The molecule has 1 N–H and O–H groups in total. The van der Waals surface area contributed by atoms with Crippen LogP contribution >= 0.6 is 11.8 Å². The molecule has 0 amide bonds. The lowest BCUT2D eigenvalue weighted by Gasteiger charge is -2.17. The molecular formula is C15H29NO2S. The zero-order valence-electron chi connectivity index (χ0n) is 12.5. The highest BCUT2D eigenvalue weighted by Crippen LogP contribution is 2.28. The first-order valence-electron chi connectivity index (χ1n) is 7.75. The molecule has 1 rings (SSSR count). The van der Waals surface area contributed by atoms with Crippen molar-refractivity contribution < 1.29 is 9.53 Å². The van der Waals surface area contributed by atoms with Gasteiger partial charge in [0.05, 0.1) is 6.61 Å². The molecule has 1 aliphatic rings. The fourth-order valence-corrected chi connectivity index (χ4v) is 3.73. The van der Waals surface area contributed by atoms with E-state index in [-0.39, 0.29) is 12.0 Å². The third-order valence-electron chi connectivity index (χ3n) is 3.59. The minimum Gasteiger partial charge on any atom is -0.465 e. The zero-order chi connectivity index (χ0) is 13.9. The van der Waals surface area contributed by atoms with Crippen molar-refractivity contribution >= 4 is 17.7 Å². The van der Waals surface area contributed by atoms with Crippen molar-refractivity contribution in [2.24, 2.45) is 5.92 Å². The van der Waals surface area contributed by atoms with E-state index < -0.39 is 0 Å². The standard InChI is InChI=1S/C15H29NO2S/c1-3-10-16-14(15(17)18-4-2)9-11-19-12-13-7-5-6-8-13/h13-14,16H,3-12H2,1-2H3. The van der Waals surface area contributed by atoms with Gasteiger partial charge in [-0.15, -0.1) is 0 Å². The maximum atomic E-state index is 11.8. The second-order valence-corrected chi connectivity index (χ2v) is 6.42. The van der Waals surface area contributed by atoms with Gasteiger partial charge < -0.3 is 10.1 Å². The molecule has 0 saturated heterocycles. The first-order valence-corrected chi connectivity index (χ1v) is 8.91. The summed E-state index contributed by atoms with van der Waals surface area (Å²) in [7, 11) is 0. The summed E-state index contributed by atoms with van der Waals surface area (Å²) >= 11 is 2.00. The number of carbonyl (C=O) groups is 1. The van der Waals surface area contributed by atoms with Gasteiger partial charge in [0, 0.05) is 0 Å². The SMILES string of the molecule is CCCNC(CCSCC1CCCC1)C(=O)OCC. The van der Waals surface area contributed by atoms with Crippen LogP contribution in [0.1, 0.15) is 52.4 Å². The Morgan fingerprint density at radius 2 is 2.11 bits per heavy atom. The van der Waals surface area contributed by atoms with Gasteiger partial charge in [-0.05, 0) is 56.6 Å². The number of thioether (sulfide) groups is 1. The Balaban J connectivity index is 2.16. The lowest BCUT2D eigenvalue weighted by Crippen LogP contribution is -2.39. The quantitative estimate of drug-likeness (QED) is 0.494. The molecule has 0 aliphatic heterocycles. The molecule has 1 saturated carbocycles. The van der Waals surface area contributed by atoms with Crippen LogP contribution in [0.15, 0.2) is 0 Å². The molecule has 112 valence electrons. The maximum absolute atomic E-state index is 11.8. The summed E-state index contributed by atoms with van der Waals surface area (Å²) in [5.41, 5.74) is 0. The lowest BCUT2D eigenvalue weighted by atomic mass is 10.1. The van der Waals surface area contributed by atoms with Gasteiger partial charge in [0.2, 0.25) is 0 Å². The van der Waals surface area contributed by atoms with Gasteiger partial charge in [-0.2, -0.15) is 11.8 Å². The number of hydrogen-bond acceptors (Lipinski definition) is 4. The van der Waals surface area contributed by atoms with Gasteiger partial charge in [0.1, 0.15) is 6.04 Å². The second kappa shape index (κ2) is 10.6. The molecule has 0 aromatic rings. The highest BCUT2D eigenvalue weighted by molar-refractivity contribution is 7.99. The van der Waals surface area contributed by atoms with E-state index in [2.05, 4.69) is 12.2 Å². The molecule has 3 nitrogen and oxygen atoms in total. The van der Waals surface area contributed by atoms with Crippen LogP contribution < -0.4 is 5.32 Å². The molecule has 1 aliphatic carbocycles. The van der Waals surface area contributed by atoms with Crippen LogP contribution in [0.25, 0.3) is 0 Å². The topological polar surface area (TPSA) is 38.3 Å². The number of nitrogens with one attached hydrogen (secondary N) is 1. The number of ether oxygens (including phenoxy) is 1. The summed E-state index contributed by atoms with van der Waals surface area (Å²) in [6.07, 6.45) is 7.57. The van der Waals surface area contributed by atoms with E-state index in [9.17, 15) is 4.79 Å².